The van der Waals surface area contributed by atoms with E-state index in [0.29, 0.717) is 19.0 Å². The zero-order valence-electron chi connectivity index (χ0n) is 10.9. The number of ether oxygens (including phenoxy) is 1. The quantitative estimate of drug-likeness (QED) is 0.768. The zero-order chi connectivity index (χ0) is 13.6. The van der Waals surface area contributed by atoms with Gasteiger partial charge >= 0.3 is 5.97 Å². The molecule has 0 aromatic carbocycles. The third kappa shape index (κ3) is 4.29. The molecule has 0 saturated carbocycles. The molecule has 2 N–H and O–H groups in total. The number of hydrogen-bond acceptors (Lipinski definition) is 5. The van der Waals surface area contributed by atoms with Crippen molar-refractivity contribution in [3.05, 3.63) is 17.8 Å². The van der Waals surface area contributed by atoms with Crippen molar-refractivity contribution < 1.29 is 14.6 Å². The van der Waals surface area contributed by atoms with Gasteiger partial charge in [0.05, 0.1) is 6.20 Å². The number of nitrogens with zero attached hydrogens (tertiary/aromatic N) is 2. The van der Waals surface area contributed by atoms with Gasteiger partial charge in [0.2, 0.25) is 0 Å². The van der Waals surface area contributed by atoms with Gasteiger partial charge in [0.1, 0.15) is 5.56 Å². The summed E-state index contributed by atoms with van der Waals surface area (Å²) in [5.41, 5.74) is 0.121. The second kappa shape index (κ2) is 6.30. The van der Waals surface area contributed by atoms with E-state index < -0.39 is 5.97 Å². The first-order chi connectivity index (χ1) is 8.46. The molecule has 0 atom stereocenters. The summed E-state index contributed by atoms with van der Waals surface area (Å²) < 4.78 is 5.04. The fourth-order valence-corrected chi connectivity index (χ4v) is 1.42. The van der Waals surface area contributed by atoms with Crippen LogP contribution in [0.1, 0.15) is 30.6 Å². The molecule has 6 heteroatoms. The SMILES string of the molecule is COCCC(C)(C)CNc1nnccc1C(=O)O. The number of hydrogen-bond donors (Lipinski definition) is 2. The summed E-state index contributed by atoms with van der Waals surface area (Å²) in [6.07, 6.45) is 2.24. The van der Waals surface area contributed by atoms with Crippen LogP contribution >= 0.6 is 0 Å². The van der Waals surface area contributed by atoms with E-state index in [2.05, 4.69) is 29.4 Å². The number of aromatic nitrogens is 2. The monoisotopic (exact) mass is 253 g/mol. The topological polar surface area (TPSA) is 84.3 Å². The second-order valence-corrected chi connectivity index (χ2v) is 4.86. The Bertz CT molecular complexity index is 407. The van der Waals surface area contributed by atoms with Gasteiger partial charge in [-0.05, 0) is 17.9 Å². The molecule has 0 amide bonds. The van der Waals surface area contributed by atoms with E-state index in [1.807, 2.05) is 0 Å². The predicted octanol–water partition coefficient (Wildman–Crippen LogP) is 1.65. The van der Waals surface area contributed by atoms with Crippen LogP contribution in [0.5, 0.6) is 0 Å². The highest BCUT2D eigenvalue weighted by Gasteiger charge is 2.19. The van der Waals surface area contributed by atoms with Crippen molar-refractivity contribution in [2.45, 2.75) is 20.3 Å². The predicted molar refractivity (Wildman–Crippen MR) is 67.8 cm³/mol. The number of anilines is 1. The molecule has 0 aliphatic carbocycles. The smallest absolute Gasteiger partial charge is 0.339 e. The Morgan fingerprint density at radius 1 is 1.56 bits per heavy atom. The number of aromatic carboxylic acids is 1. The van der Waals surface area contributed by atoms with Gasteiger partial charge in [-0.25, -0.2) is 4.79 Å². The molecule has 0 bridgehead atoms. The first kappa shape index (κ1) is 14.4. The molecule has 100 valence electrons. The van der Waals surface area contributed by atoms with Crippen molar-refractivity contribution in [1.82, 2.24) is 10.2 Å². The number of carboxylic acid groups (broad SMARTS) is 1. The lowest BCUT2D eigenvalue weighted by Gasteiger charge is -2.24. The fourth-order valence-electron chi connectivity index (χ4n) is 1.42. The number of carboxylic acids is 1. The molecule has 1 rings (SSSR count). The first-order valence-electron chi connectivity index (χ1n) is 5.74. The van der Waals surface area contributed by atoms with E-state index in [9.17, 15) is 4.79 Å². The third-order valence-corrected chi connectivity index (χ3v) is 2.67. The van der Waals surface area contributed by atoms with Crippen LogP contribution in [0.2, 0.25) is 0 Å². The van der Waals surface area contributed by atoms with Crippen molar-refractivity contribution >= 4 is 11.8 Å². The molecular weight excluding hydrogens is 234 g/mol. The molecule has 1 aromatic rings. The molecule has 0 radical (unpaired) electrons. The number of rotatable bonds is 7. The van der Waals surface area contributed by atoms with E-state index in [4.69, 9.17) is 9.84 Å². The Hall–Kier alpha value is -1.69. The Kier molecular flexibility index (Phi) is 5.03. The number of carbonyl (C=O) groups is 1. The molecule has 0 aliphatic rings. The van der Waals surface area contributed by atoms with Crippen LogP contribution in [0.15, 0.2) is 12.3 Å². The molecule has 0 aliphatic heterocycles. The molecule has 0 fully saturated rings. The van der Waals surface area contributed by atoms with Crippen molar-refractivity contribution in [2.75, 3.05) is 25.6 Å². The summed E-state index contributed by atoms with van der Waals surface area (Å²) in [6, 6.07) is 1.43. The van der Waals surface area contributed by atoms with Gasteiger partial charge in [-0.3, -0.25) is 0 Å². The van der Waals surface area contributed by atoms with Gasteiger partial charge in [-0.1, -0.05) is 13.8 Å². The molecule has 0 spiro atoms. The fraction of sp³-hybridized carbons (Fsp3) is 0.583. The lowest BCUT2D eigenvalue weighted by molar-refractivity contribution is 0.0697. The average molecular weight is 253 g/mol. The highest BCUT2D eigenvalue weighted by atomic mass is 16.5. The van der Waals surface area contributed by atoms with Crippen molar-refractivity contribution in [2.24, 2.45) is 5.41 Å². The minimum absolute atomic E-state index is 0.0106. The van der Waals surface area contributed by atoms with Gasteiger partial charge in [0.25, 0.3) is 0 Å². The van der Waals surface area contributed by atoms with Crippen LogP contribution < -0.4 is 5.32 Å². The normalized spacial score (nSPS) is 11.3. The molecular formula is C12H19N3O3. The highest BCUT2D eigenvalue weighted by molar-refractivity contribution is 5.92. The molecule has 1 heterocycles. The summed E-state index contributed by atoms with van der Waals surface area (Å²) in [5.74, 6) is -0.711. The maximum Gasteiger partial charge on any atom is 0.339 e. The third-order valence-electron chi connectivity index (χ3n) is 2.67. The Balaban J connectivity index is 2.65. The zero-order valence-corrected chi connectivity index (χ0v) is 10.9. The summed E-state index contributed by atoms with van der Waals surface area (Å²) in [5, 5.41) is 19.5. The van der Waals surface area contributed by atoms with Gasteiger partial charge < -0.3 is 15.2 Å². The molecule has 0 saturated heterocycles. The van der Waals surface area contributed by atoms with Crippen LogP contribution in [-0.2, 0) is 4.74 Å². The standard InChI is InChI=1S/C12H19N3O3/c1-12(2,5-7-18-3)8-13-10-9(11(16)17)4-6-14-15-10/h4,6H,5,7-8H2,1-3H3,(H,13,15)(H,16,17). The Morgan fingerprint density at radius 2 is 2.28 bits per heavy atom. The maximum atomic E-state index is 11.0. The van der Waals surface area contributed by atoms with E-state index in [1.165, 1.54) is 12.3 Å². The van der Waals surface area contributed by atoms with E-state index in [-0.39, 0.29) is 11.0 Å². The minimum atomic E-state index is -1.01. The van der Waals surface area contributed by atoms with Crippen LogP contribution in [0.3, 0.4) is 0 Å². The molecule has 6 nitrogen and oxygen atoms in total. The van der Waals surface area contributed by atoms with Gasteiger partial charge in [0, 0.05) is 20.3 Å². The van der Waals surface area contributed by atoms with Gasteiger partial charge in [-0.15, -0.1) is 5.10 Å². The van der Waals surface area contributed by atoms with Crippen LogP contribution in [0, 0.1) is 5.41 Å². The molecule has 18 heavy (non-hydrogen) atoms. The Morgan fingerprint density at radius 3 is 2.89 bits per heavy atom. The van der Waals surface area contributed by atoms with Crippen LogP contribution in [-0.4, -0.2) is 41.5 Å². The number of methoxy groups -OCH3 is 1. The largest absolute Gasteiger partial charge is 0.478 e. The highest BCUT2D eigenvalue weighted by Crippen LogP contribution is 2.21. The lowest BCUT2D eigenvalue weighted by Crippen LogP contribution is -2.26. The van der Waals surface area contributed by atoms with Crippen LogP contribution in [0.25, 0.3) is 0 Å². The van der Waals surface area contributed by atoms with Gasteiger partial charge in [0.15, 0.2) is 5.82 Å². The summed E-state index contributed by atoms with van der Waals surface area (Å²) in [6.45, 7) is 5.43. The summed E-state index contributed by atoms with van der Waals surface area (Å²) >= 11 is 0. The van der Waals surface area contributed by atoms with Gasteiger partial charge in [-0.2, -0.15) is 5.10 Å². The minimum Gasteiger partial charge on any atom is -0.478 e. The number of nitrogens with one attached hydrogen (secondary N) is 1. The molecule has 1 aromatic heterocycles. The van der Waals surface area contributed by atoms with E-state index in [0.717, 1.165) is 6.42 Å². The van der Waals surface area contributed by atoms with Crippen molar-refractivity contribution in [3.8, 4) is 0 Å². The van der Waals surface area contributed by atoms with E-state index >= 15 is 0 Å². The maximum absolute atomic E-state index is 11.0. The van der Waals surface area contributed by atoms with Crippen molar-refractivity contribution in [1.29, 1.82) is 0 Å². The molecule has 0 unspecified atom stereocenters. The summed E-state index contributed by atoms with van der Waals surface area (Å²) in [7, 11) is 1.66. The summed E-state index contributed by atoms with van der Waals surface area (Å²) in [4.78, 5) is 11.0. The second-order valence-electron chi connectivity index (χ2n) is 4.86. The average Bonchev–Trinajstić information content (AvgIpc) is 2.34. The van der Waals surface area contributed by atoms with Crippen molar-refractivity contribution in [3.63, 3.8) is 0 Å². The van der Waals surface area contributed by atoms with Crippen LogP contribution in [0.4, 0.5) is 5.82 Å². The lowest BCUT2D eigenvalue weighted by atomic mass is 9.89. The van der Waals surface area contributed by atoms with E-state index in [1.54, 1.807) is 7.11 Å². The Labute approximate surface area is 106 Å². The first-order valence-corrected chi connectivity index (χ1v) is 5.74.